The highest BCUT2D eigenvalue weighted by Crippen LogP contribution is 2.32. The number of hydrogen-bond donors (Lipinski definition) is 0. The first kappa shape index (κ1) is 15.8. The predicted octanol–water partition coefficient (Wildman–Crippen LogP) is 3.01. The fourth-order valence-corrected chi connectivity index (χ4v) is 3.34. The summed E-state index contributed by atoms with van der Waals surface area (Å²) in [4.78, 5) is 14.2. The van der Waals surface area contributed by atoms with Gasteiger partial charge in [0, 0.05) is 20.0 Å². The summed E-state index contributed by atoms with van der Waals surface area (Å²) in [5, 5.41) is 0. The number of ether oxygens (including phenoxy) is 2. The predicted molar refractivity (Wildman–Crippen MR) is 94.8 cm³/mol. The number of aromatic nitrogens is 2. The zero-order valence-electron chi connectivity index (χ0n) is 13.8. The molecule has 0 saturated heterocycles. The molecule has 4 rings (SSSR count). The van der Waals surface area contributed by atoms with Gasteiger partial charge >= 0.3 is 0 Å². The Hall–Kier alpha value is -2.67. The first-order chi connectivity index (χ1) is 12.2. The van der Waals surface area contributed by atoms with E-state index in [1.807, 2.05) is 43.4 Å². The Morgan fingerprint density at radius 1 is 1.08 bits per heavy atom. The van der Waals surface area contributed by atoms with Crippen LogP contribution in [0.15, 0.2) is 36.4 Å². The van der Waals surface area contributed by atoms with Gasteiger partial charge in [0.1, 0.15) is 11.0 Å². The molecule has 1 amide bonds. The largest absolute Gasteiger partial charge is 0.454 e. The lowest BCUT2D eigenvalue weighted by atomic mass is 10.1. The number of fused-ring (bicyclic) bond motifs is 2. The average Bonchev–Trinajstić information content (AvgIpc) is 3.27. The van der Waals surface area contributed by atoms with Gasteiger partial charge in [0.25, 0.3) is 0 Å². The molecule has 0 spiro atoms. The van der Waals surface area contributed by atoms with Gasteiger partial charge in [-0.05, 0) is 41.8 Å². The van der Waals surface area contributed by atoms with Gasteiger partial charge in [-0.25, -0.2) is 0 Å². The summed E-state index contributed by atoms with van der Waals surface area (Å²) >= 11 is 1.20. The number of nitrogens with zero attached hydrogens (tertiary/aromatic N) is 3. The van der Waals surface area contributed by atoms with Crippen molar-refractivity contribution >= 4 is 28.7 Å². The van der Waals surface area contributed by atoms with E-state index < -0.39 is 0 Å². The maximum absolute atomic E-state index is 12.4. The summed E-state index contributed by atoms with van der Waals surface area (Å²) in [6.07, 6.45) is 1.13. The van der Waals surface area contributed by atoms with Gasteiger partial charge in [-0.1, -0.05) is 12.1 Å². The van der Waals surface area contributed by atoms with Crippen LogP contribution in [0.1, 0.15) is 17.5 Å². The minimum absolute atomic E-state index is 0.106. The molecule has 1 aromatic heterocycles. The summed E-state index contributed by atoms with van der Waals surface area (Å²) < 4.78 is 19.1. The van der Waals surface area contributed by atoms with Crippen LogP contribution in [0.25, 0.3) is 11.0 Å². The molecule has 1 aliphatic heterocycles. The van der Waals surface area contributed by atoms with Crippen molar-refractivity contribution in [2.75, 3.05) is 13.8 Å². The van der Waals surface area contributed by atoms with Crippen LogP contribution < -0.4 is 9.47 Å². The molecule has 0 radical (unpaired) electrons. The number of aryl methyl sites for hydroxylation is 1. The van der Waals surface area contributed by atoms with Crippen molar-refractivity contribution in [3.8, 4) is 11.5 Å². The second-order valence-electron chi connectivity index (χ2n) is 6.02. The average molecular weight is 355 g/mol. The van der Waals surface area contributed by atoms with Gasteiger partial charge in [0.15, 0.2) is 11.5 Å². The second-order valence-corrected chi connectivity index (χ2v) is 6.55. The Labute approximate surface area is 149 Å². The molecule has 7 heteroatoms. The maximum atomic E-state index is 12.4. The lowest BCUT2D eigenvalue weighted by molar-refractivity contribution is -0.130. The smallest absolute Gasteiger partial charge is 0.231 e. The molecule has 2 heterocycles. The van der Waals surface area contributed by atoms with Crippen LogP contribution >= 0.6 is 11.7 Å². The van der Waals surface area contributed by atoms with Gasteiger partial charge in [-0.2, -0.15) is 8.75 Å². The van der Waals surface area contributed by atoms with Gasteiger partial charge in [-0.3, -0.25) is 4.79 Å². The minimum atomic E-state index is 0.106. The van der Waals surface area contributed by atoms with Gasteiger partial charge in [-0.15, -0.1) is 0 Å². The summed E-state index contributed by atoms with van der Waals surface area (Å²) in [6, 6.07) is 11.7. The molecule has 0 bridgehead atoms. The van der Waals surface area contributed by atoms with Gasteiger partial charge in [0.2, 0.25) is 12.7 Å². The molecule has 0 aliphatic carbocycles. The number of carbonyl (C=O) groups excluding carboxylic acids is 1. The fraction of sp³-hybridized carbons (Fsp3) is 0.278. The molecule has 0 fully saturated rings. The summed E-state index contributed by atoms with van der Waals surface area (Å²) in [5.74, 6) is 1.62. The monoisotopic (exact) mass is 355 g/mol. The SMILES string of the molecule is CN(Cc1ccc2nsnc2c1)C(=O)CCc1ccc2c(c1)OCO2. The molecule has 0 atom stereocenters. The van der Waals surface area contributed by atoms with Crippen LogP contribution in [0, 0.1) is 0 Å². The molecule has 0 unspecified atom stereocenters. The number of hydrogen-bond acceptors (Lipinski definition) is 6. The van der Waals surface area contributed by atoms with E-state index in [2.05, 4.69) is 8.75 Å². The number of amides is 1. The normalized spacial score (nSPS) is 12.5. The third-order valence-electron chi connectivity index (χ3n) is 4.23. The zero-order chi connectivity index (χ0) is 17.2. The van der Waals surface area contributed by atoms with E-state index in [0.29, 0.717) is 19.4 Å². The highest BCUT2D eigenvalue weighted by atomic mass is 32.1. The van der Waals surface area contributed by atoms with E-state index in [1.165, 1.54) is 11.7 Å². The molecular weight excluding hydrogens is 338 g/mol. The first-order valence-corrected chi connectivity index (χ1v) is 8.76. The first-order valence-electron chi connectivity index (χ1n) is 8.03. The second kappa shape index (κ2) is 6.68. The van der Waals surface area contributed by atoms with Crippen molar-refractivity contribution in [3.05, 3.63) is 47.5 Å². The molecule has 0 saturated carbocycles. The van der Waals surface area contributed by atoms with Crippen molar-refractivity contribution in [2.45, 2.75) is 19.4 Å². The minimum Gasteiger partial charge on any atom is -0.454 e. The summed E-state index contributed by atoms with van der Waals surface area (Å²) in [6.45, 7) is 0.826. The Morgan fingerprint density at radius 3 is 2.80 bits per heavy atom. The lowest BCUT2D eigenvalue weighted by Gasteiger charge is -2.17. The Balaban J connectivity index is 1.35. The highest BCUT2D eigenvalue weighted by molar-refractivity contribution is 7.00. The summed E-state index contributed by atoms with van der Waals surface area (Å²) in [5.41, 5.74) is 3.90. The van der Waals surface area contributed by atoms with E-state index in [-0.39, 0.29) is 12.7 Å². The van der Waals surface area contributed by atoms with Crippen LogP contribution in [-0.2, 0) is 17.8 Å². The van der Waals surface area contributed by atoms with E-state index in [0.717, 1.165) is 33.7 Å². The van der Waals surface area contributed by atoms with Crippen molar-refractivity contribution in [1.29, 1.82) is 0 Å². The fourth-order valence-electron chi connectivity index (χ4n) is 2.83. The van der Waals surface area contributed by atoms with Crippen LogP contribution in [0.4, 0.5) is 0 Å². The van der Waals surface area contributed by atoms with Crippen LogP contribution in [0.3, 0.4) is 0 Å². The number of benzene rings is 2. The molecule has 3 aromatic rings. The van der Waals surface area contributed by atoms with Crippen molar-refractivity contribution in [2.24, 2.45) is 0 Å². The highest BCUT2D eigenvalue weighted by Gasteiger charge is 2.15. The number of rotatable bonds is 5. The molecule has 128 valence electrons. The third-order valence-corrected chi connectivity index (χ3v) is 4.78. The van der Waals surface area contributed by atoms with Crippen LogP contribution in [0.2, 0.25) is 0 Å². The van der Waals surface area contributed by atoms with Crippen molar-refractivity contribution in [3.63, 3.8) is 0 Å². The van der Waals surface area contributed by atoms with E-state index in [1.54, 1.807) is 4.90 Å². The van der Waals surface area contributed by atoms with Crippen LogP contribution in [-0.4, -0.2) is 33.4 Å². The van der Waals surface area contributed by atoms with E-state index >= 15 is 0 Å². The van der Waals surface area contributed by atoms with Gasteiger partial charge in [0.05, 0.1) is 11.7 Å². The molecule has 6 nitrogen and oxygen atoms in total. The Kier molecular flexibility index (Phi) is 4.23. The van der Waals surface area contributed by atoms with E-state index in [4.69, 9.17) is 9.47 Å². The molecule has 1 aliphatic rings. The topological polar surface area (TPSA) is 64.6 Å². The quantitative estimate of drug-likeness (QED) is 0.704. The van der Waals surface area contributed by atoms with Crippen molar-refractivity contribution in [1.82, 2.24) is 13.6 Å². The molecule has 25 heavy (non-hydrogen) atoms. The molecular formula is C18H17N3O3S. The Bertz CT molecular complexity index is 925. The van der Waals surface area contributed by atoms with E-state index in [9.17, 15) is 4.79 Å². The standard InChI is InChI=1S/C18H17N3O3S/c1-21(10-13-2-5-14-15(8-13)20-25-19-14)18(22)7-4-12-3-6-16-17(9-12)24-11-23-16/h2-3,5-6,8-9H,4,7,10-11H2,1H3. The van der Waals surface area contributed by atoms with Gasteiger partial charge < -0.3 is 14.4 Å². The van der Waals surface area contributed by atoms with Crippen molar-refractivity contribution < 1.29 is 14.3 Å². The number of carbonyl (C=O) groups is 1. The Morgan fingerprint density at radius 2 is 1.88 bits per heavy atom. The maximum Gasteiger partial charge on any atom is 0.231 e. The summed E-state index contributed by atoms with van der Waals surface area (Å²) in [7, 11) is 1.82. The zero-order valence-corrected chi connectivity index (χ0v) is 14.6. The lowest BCUT2D eigenvalue weighted by Crippen LogP contribution is -2.26. The molecule has 0 N–H and O–H groups in total. The van der Waals surface area contributed by atoms with Crippen LogP contribution in [0.5, 0.6) is 11.5 Å². The molecule has 2 aromatic carbocycles. The third kappa shape index (κ3) is 3.41.